The number of hydrogen-bond acceptors (Lipinski definition) is 2. The largest absolute Gasteiger partial charge is 0.293 e. The lowest BCUT2D eigenvalue weighted by Crippen LogP contribution is -2.20. The van der Waals surface area contributed by atoms with Gasteiger partial charge < -0.3 is 0 Å². The molecule has 0 aliphatic rings. The van der Waals surface area contributed by atoms with Crippen LogP contribution in [0.1, 0.15) is 31.1 Å². The van der Waals surface area contributed by atoms with Crippen molar-refractivity contribution in [3.63, 3.8) is 0 Å². The third-order valence-electron chi connectivity index (χ3n) is 1.69. The Morgan fingerprint density at radius 2 is 2.08 bits per heavy atom. The number of carbonyl (C=O) groups is 1. The smallest absolute Gasteiger partial charge is 0.171 e. The molecule has 1 heterocycles. The predicted octanol–water partition coefficient (Wildman–Crippen LogP) is 2.96. The maximum absolute atomic E-state index is 11.8. The van der Waals surface area contributed by atoms with Gasteiger partial charge in [0.2, 0.25) is 0 Å². The molecular weight excluding hydrogens is 186 g/mol. The van der Waals surface area contributed by atoms with E-state index < -0.39 is 5.41 Å². The minimum Gasteiger partial charge on any atom is -0.293 e. The fourth-order valence-electron chi connectivity index (χ4n) is 0.949. The van der Waals surface area contributed by atoms with Gasteiger partial charge in [-0.1, -0.05) is 32.4 Å². The molecule has 0 bridgehead atoms. The summed E-state index contributed by atoms with van der Waals surface area (Å²) in [5, 5.41) is 0.468. The summed E-state index contributed by atoms with van der Waals surface area (Å²) in [6.07, 6.45) is 3.08. The fourth-order valence-corrected chi connectivity index (χ4v) is 1.14. The Hall–Kier alpha value is -0.890. The quantitative estimate of drug-likeness (QED) is 0.648. The average Bonchev–Trinajstić information content (AvgIpc) is 2.02. The molecule has 2 nitrogen and oxygen atoms in total. The first-order valence-electron chi connectivity index (χ1n) is 4.07. The summed E-state index contributed by atoms with van der Waals surface area (Å²) in [5.74, 6) is 0.0191. The van der Waals surface area contributed by atoms with Gasteiger partial charge in [-0.3, -0.25) is 9.78 Å². The van der Waals surface area contributed by atoms with Gasteiger partial charge >= 0.3 is 0 Å². The van der Waals surface area contributed by atoms with Gasteiger partial charge in [-0.2, -0.15) is 0 Å². The molecule has 1 aromatic rings. The van der Waals surface area contributed by atoms with Crippen molar-refractivity contribution in [2.75, 3.05) is 0 Å². The van der Waals surface area contributed by atoms with Crippen LogP contribution in [0.5, 0.6) is 0 Å². The van der Waals surface area contributed by atoms with E-state index in [1.165, 1.54) is 6.20 Å². The number of pyridine rings is 1. The van der Waals surface area contributed by atoms with Crippen LogP contribution in [0.3, 0.4) is 0 Å². The lowest BCUT2D eigenvalue weighted by atomic mass is 9.87. The highest BCUT2D eigenvalue weighted by Crippen LogP contribution is 2.24. The van der Waals surface area contributed by atoms with Crippen LogP contribution in [0.2, 0.25) is 5.02 Å². The molecule has 0 N–H and O–H groups in total. The Morgan fingerprint density at radius 1 is 1.46 bits per heavy atom. The molecule has 0 spiro atoms. The number of Topliss-reactive ketones (excluding diaryl/α,β-unsaturated/α-hetero) is 1. The Balaban J connectivity index is 3.10. The number of carbonyl (C=O) groups excluding carboxylic acids is 1. The molecule has 0 aliphatic heterocycles. The van der Waals surface area contributed by atoms with Crippen LogP contribution >= 0.6 is 11.6 Å². The zero-order valence-corrected chi connectivity index (χ0v) is 8.72. The maximum atomic E-state index is 11.8. The molecule has 0 aliphatic carbocycles. The van der Waals surface area contributed by atoms with Gasteiger partial charge in [0.15, 0.2) is 5.78 Å². The van der Waals surface area contributed by atoms with Gasteiger partial charge in [0, 0.05) is 17.8 Å². The summed E-state index contributed by atoms with van der Waals surface area (Å²) in [5.41, 5.74) is 0.0869. The zero-order valence-electron chi connectivity index (χ0n) is 7.97. The molecule has 0 saturated carbocycles. The molecule has 1 rings (SSSR count). The molecule has 0 unspecified atom stereocenters. The normalized spacial score (nSPS) is 11.4. The van der Waals surface area contributed by atoms with Crippen molar-refractivity contribution in [2.24, 2.45) is 5.41 Å². The molecule has 1 aromatic heterocycles. The molecule has 0 radical (unpaired) electrons. The van der Waals surface area contributed by atoms with Crippen LogP contribution in [-0.2, 0) is 0 Å². The second-order valence-electron chi connectivity index (χ2n) is 3.93. The summed E-state index contributed by atoms with van der Waals surface area (Å²) >= 11 is 5.86. The fraction of sp³-hybridized carbons (Fsp3) is 0.400. The van der Waals surface area contributed by atoms with E-state index in [0.29, 0.717) is 10.6 Å². The molecule has 0 amide bonds. The first kappa shape index (κ1) is 10.2. The highest BCUT2D eigenvalue weighted by Gasteiger charge is 2.24. The van der Waals surface area contributed by atoms with Gasteiger partial charge in [0.05, 0.1) is 10.6 Å². The summed E-state index contributed by atoms with van der Waals surface area (Å²) in [4.78, 5) is 15.6. The van der Waals surface area contributed by atoms with E-state index in [0.717, 1.165) is 0 Å². The Kier molecular flexibility index (Phi) is 2.71. The van der Waals surface area contributed by atoms with Gasteiger partial charge in [-0.15, -0.1) is 0 Å². The number of rotatable bonds is 1. The van der Waals surface area contributed by atoms with Crippen LogP contribution in [0.25, 0.3) is 0 Å². The standard InChI is InChI=1S/C10H12ClNO/c1-10(2,3)9(13)7-6-12-5-4-8(7)11/h4-6H,1-3H3. The van der Waals surface area contributed by atoms with Gasteiger partial charge in [0.25, 0.3) is 0 Å². The van der Waals surface area contributed by atoms with Gasteiger partial charge in [-0.25, -0.2) is 0 Å². The van der Waals surface area contributed by atoms with Crippen molar-refractivity contribution >= 4 is 17.4 Å². The van der Waals surface area contributed by atoms with Gasteiger partial charge in [-0.05, 0) is 6.07 Å². The molecule has 3 heteroatoms. The van der Waals surface area contributed by atoms with E-state index in [2.05, 4.69) is 4.98 Å². The molecule has 0 fully saturated rings. The second-order valence-corrected chi connectivity index (χ2v) is 4.34. The van der Waals surface area contributed by atoms with Crippen molar-refractivity contribution in [2.45, 2.75) is 20.8 Å². The van der Waals surface area contributed by atoms with E-state index in [1.807, 2.05) is 20.8 Å². The molecule has 70 valence electrons. The van der Waals surface area contributed by atoms with Crippen LogP contribution in [0, 0.1) is 5.41 Å². The zero-order chi connectivity index (χ0) is 10.1. The van der Waals surface area contributed by atoms with E-state index in [9.17, 15) is 4.79 Å². The minimum absolute atomic E-state index is 0.0191. The van der Waals surface area contributed by atoms with Crippen molar-refractivity contribution in [3.8, 4) is 0 Å². The van der Waals surface area contributed by atoms with Crippen molar-refractivity contribution in [3.05, 3.63) is 29.0 Å². The third-order valence-corrected chi connectivity index (χ3v) is 2.02. The Bertz CT molecular complexity index is 328. The van der Waals surface area contributed by atoms with Crippen molar-refractivity contribution < 1.29 is 4.79 Å². The number of hydrogen-bond donors (Lipinski definition) is 0. The van der Waals surface area contributed by atoms with Crippen molar-refractivity contribution in [1.82, 2.24) is 4.98 Å². The number of ketones is 1. The summed E-state index contributed by atoms with van der Waals surface area (Å²) < 4.78 is 0. The number of nitrogens with zero attached hydrogens (tertiary/aromatic N) is 1. The van der Waals surface area contributed by atoms with E-state index in [-0.39, 0.29) is 5.78 Å². The monoisotopic (exact) mass is 197 g/mol. The number of halogens is 1. The highest BCUT2D eigenvalue weighted by atomic mass is 35.5. The number of aromatic nitrogens is 1. The van der Waals surface area contributed by atoms with Crippen LogP contribution < -0.4 is 0 Å². The Morgan fingerprint density at radius 3 is 2.54 bits per heavy atom. The molecular formula is C10H12ClNO. The van der Waals surface area contributed by atoms with Crippen LogP contribution in [0.4, 0.5) is 0 Å². The molecule has 0 saturated heterocycles. The lowest BCUT2D eigenvalue weighted by molar-refractivity contribution is 0.0858. The second kappa shape index (κ2) is 3.46. The van der Waals surface area contributed by atoms with Crippen LogP contribution in [0.15, 0.2) is 18.5 Å². The Labute approximate surface area is 82.9 Å². The van der Waals surface area contributed by atoms with E-state index in [1.54, 1.807) is 12.3 Å². The summed E-state index contributed by atoms with van der Waals surface area (Å²) in [6.45, 7) is 5.58. The molecule has 0 atom stereocenters. The minimum atomic E-state index is -0.410. The first-order chi connectivity index (χ1) is 5.93. The van der Waals surface area contributed by atoms with Crippen molar-refractivity contribution in [1.29, 1.82) is 0 Å². The van der Waals surface area contributed by atoms with Crippen LogP contribution in [-0.4, -0.2) is 10.8 Å². The third kappa shape index (κ3) is 2.28. The van der Waals surface area contributed by atoms with Gasteiger partial charge in [0.1, 0.15) is 0 Å². The molecule has 13 heavy (non-hydrogen) atoms. The predicted molar refractivity (Wildman–Crippen MR) is 53.0 cm³/mol. The lowest BCUT2D eigenvalue weighted by Gasteiger charge is -2.16. The first-order valence-corrected chi connectivity index (χ1v) is 4.45. The summed E-state index contributed by atoms with van der Waals surface area (Å²) in [7, 11) is 0. The average molecular weight is 198 g/mol. The highest BCUT2D eigenvalue weighted by molar-refractivity contribution is 6.34. The maximum Gasteiger partial charge on any atom is 0.171 e. The SMILES string of the molecule is CC(C)(C)C(=O)c1cnccc1Cl. The topological polar surface area (TPSA) is 30.0 Å². The summed E-state index contributed by atoms with van der Waals surface area (Å²) in [6, 6.07) is 1.63. The van der Waals surface area contributed by atoms with E-state index in [4.69, 9.17) is 11.6 Å². The molecule has 0 aromatic carbocycles. The van der Waals surface area contributed by atoms with E-state index >= 15 is 0 Å².